The summed E-state index contributed by atoms with van der Waals surface area (Å²) in [7, 11) is 1.73. The Balaban J connectivity index is 1.40. The van der Waals surface area contributed by atoms with E-state index >= 15 is 0 Å². The number of aliphatic imine (C=N–C) groups is 1. The third kappa shape index (κ3) is 3.64. The van der Waals surface area contributed by atoms with Gasteiger partial charge in [-0.2, -0.15) is 0 Å². The number of nitrogens with one attached hydrogen (secondary N) is 1. The Morgan fingerprint density at radius 2 is 1.92 bits per heavy atom. The van der Waals surface area contributed by atoms with Crippen LogP contribution < -0.4 is 5.32 Å². The number of benzene rings is 1. The van der Waals surface area contributed by atoms with Gasteiger partial charge in [-0.25, -0.2) is 4.99 Å². The maximum atomic E-state index is 6.12. The molecule has 0 aliphatic carbocycles. The largest absolute Gasteiger partial charge is 0.460 e. The first kappa shape index (κ1) is 16.0. The van der Waals surface area contributed by atoms with Gasteiger partial charge in [0.05, 0.1) is 5.69 Å². The molecule has 3 aliphatic rings. The monoisotopic (exact) mass is 337 g/mol. The topological polar surface area (TPSA) is 62.6 Å². The van der Waals surface area contributed by atoms with Gasteiger partial charge in [-0.3, -0.25) is 10.2 Å². The summed E-state index contributed by atoms with van der Waals surface area (Å²) >= 11 is 0. The van der Waals surface area contributed by atoms with Crippen LogP contribution in [0.2, 0.25) is 0 Å². The second kappa shape index (κ2) is 7.19. The average Bonchev–Trinajstić information content (AvgIpc) is 2.69. The number of nitrogens with zero attached hydrogens (tertiary/aromatic N) is 4. The van der Waals surface area contributed by atoms with Crippen molar-refractivity contribution in [1.82, 2.24) is 15.1 Å². The molecule has 3 fully saturated rings. The molecule has 0 unspecified atom stereocenters. The van der Waals surface area contributed by atoms with Crippen molar-refractivity contribution in [2.24, 2.45) is 10.9 Å². The van der Waals surface area contributed by atoms with Crippen LogP contribution in [0.3, 0.4) is 0 Å². The maximum absolute atomic E-state index is 6.12. The summed E-state index contributed by atoms with van der Waals surface area (Å²) in [6.07, 6.45) is 2.64. The van der Waals surface area contributed by atoms with Gasteiger partial charge in [-0.05, 0) is 44.0 Å². The molecular weight excluding hydrogens is 314 g/mol. The summed E-state index contributed by atoms with van der Waals surface area (Å²) < 4.78 is 6.12. The fourth-order valence-electron chi connectivity index (χ4n) is 3.60. The summed E-state index contributed by atoms with van der Waals surface area (Å²) in [4.78, 5) is 6.70. The van der Waals surface area contributed by atoms with E-state index in [-0.39, 0.29) is 6.10 Å². The van der Waals surface area contributed by atoms with Crippen molar-refractivity contribution in [1.29, 1.82) is 0 Å². The van der Waals surface area contributed by atoms with E-state index in [1.165, 1.54) is 25.9 Å². The molecule has 2 aromatic rings. The third-order valence-corrected chi connectivity index (χ3v) is 5.03. The van der Waals surface area contributed by atoms with Crippen molar-refractivity contribution < 1.29 is 4.74 Å². The first-order chi connectivity index (χ1) is 12.3. The normalized spacial score (nSPS) is 25.6. The van der Waals surface area contributed by atoms with Crippen molar-refractivity contribution in [3.05, 3.63) is 42.5 Å². The molecule has 0 spiro atoms. The number of hydrogen-bond acceptors (Lipinski definition) is 5. The van der Waals surface area contributed by atoms with Crippen LogP contribution in [0.1, 0.15) is 12.8 Å². The highest BCUT2D eigenvalue weighted by Crippen LogP contribution is 2.29. The number of piperidine rings is 3. The van der Waals surface area contributed by atoms with E-state index in [1.54, 1.807) is 7.05 Å². The van der Waals surface area contributed by atoms with Crippen molar-refractivity contribution in [3.63, 3.8) is 0 Å². The predicted octanol–water partition coefficient (Wildman–Crippen LogP) is 2.65. The molecule has 3 aliphatic heterocycles. The number of rotatable bonds is 3. The van der Waals surface area contributed by atoms with Crippen LogP contribution >= 0.6 is 0 Å². The Morgan fingerprint density at radius 3 is 2.52 bits per heavy atom. The molecule has 1 aromatic carbocycles. The van der Waals surface area contributed by atoms with Gasteiger partial charge in [0.2, 0.25) is 0 Å². The molecule has 5 rings (SSSR count). The summed E-state index contributed by atoms with van der Waals surface area (Å²) in [5.41, 5.74) is 1.90. The first-order valence-corrected chi connectivity index (χ1v) is 8.84. The van der Waals surface area contributed by atoms with Gasteiger partial charge in [0.1, 0.15) is 6.10 Å². The van der Waals surface area contributed by atoms with E-state index in [0.29, 0.717) is 17.8 Å². The molecule has 1 aromatic heterocycles. The molecule has 1 atom stereocenters. The lowest BCUT2D eigenvalue weighted by Gasteiger charge is -2.44. The highest BCUT2D eigenvalue weighted by atomic mass is 16.5. The van der Waals surface area contributed by atoms with Gasteiger partial charge in [0.25, 0.3) is 6.02 Å². The zero-order chi connectivity index (χ0) is 17.1. The maximum Gasteiger partial charge on any atom is 0.290 e. The second-order valence-corrected chi connectivity index (χ2v) is 6.62. The standard InChI is InChI=1S/C19H23N5O/c1-20-19(25-17-13-24-11-9-15(17)10-12-24)21-18-8-7-16(22-23-18)14-5-3-2-4-6-14/h2-8,15,17H,9-13H2,1H3,(H,20,21,23)/t17-/m0/s1. The van der Waals surface area contributed by atoms with Gasteiger partial charge >= 0.3 is 0 Å². The summed E-state index contributed by atoms with van der Waals surface area (Å²) in [6, 6.07) is 14.4. The van der Waals surface area contributed by atoms with Crippen LogP contribution in [0.5, 0.6) is 0 Å². The SMILES string of the molecule is CN=C(Nc1ccc(-c2ccccc2)nn1)O[C@H]1CN2CCC1CC2. The smallest absolute Gasteiger partial charge is 0.290 e. The summed E-state index contributed by atoms with van der Waals surface area (Å²) in [5, 5.41) is 11.7. The van der Waals surface area contributed by atoms with Crippen LogP contribution in [0.25, 0.3) is 11.3 Å². The number of anilines is 1. The molecule has 4 heterocycles. The minimum Gasteiger partial charge on any atom is -0.460 e. The Hall–Kier alpha value is -2.47. The lowest BCUT2D eigenvalue weighted by atomic mass is 9.86. The quantitative estimate of drug-likeness (QED) is 0.689. The Bertz CT molecular complexity index is 723. The van der Waals surface area contributed by atoms with Crippen LogP contribution in [-0.4, -0.2) is 53.9 Å². The Labute approximate surface area is 147 Å². The summed E-state index contributed by atoms with van der Waals surface area (Å²) in [6.45, 7) is 3.38. The fourth-order valence-corrected chi connectivity index (χ4v) is 3.60. The molecule has 0 saturated carbocycles. The highest BCUT2D eigenvalue weighted by Gasteiger charge is 2.36. The molecule has 2 bridgehead atoms. The lowest BCUT2D eigenvalue weighted by Crippen LogP contribution is -2.52. The first-order valence-electron chi connectivity index (χ1n) is 8.84. The minimum absolute atomic E-state index is 0.213. The molecule has 1 N–H and O–H groups in total. The van der Waals surface area contributed by atoms with Crippen LogP contribution in [0.4, 0.5) is 5.82 Å². The van der Waals surface area contributed by atoms with Gasteiger partial charge in [-0.15, -0.1) is 10.2 Å². The van der Waals surface area contributed by atoms with Crippen LogP contribution in [0, 0.1) is 5.92 Å². The van der Waals surface area contributed by atoms with E-state index in [2.05, 4.69) is 25.4 Å². The molecule has 6 heteroatoms. The number of aromatic nitrogens is 2. The molecule has 130 valence electrons. The fraction of sp³-hybridized carbons (Fsp3) is 0.421. The van der Waals surface area contributed by atoms with Crippen molar-refractivity contribution in [2.75, 3.05) is 32.0 Å². The third-order valence-electron chi connectivity index (χ3n) is 5.03. The second-order valence-electron chi connectivity index (χ2n) is 6.62. The molecule has 25 heavy (non-hydrogen) atoms. The number of hydrogen-bond donors (Lipinski definition) is 1. The van der Waals surface area contributed by atoms with Crippen molar-refractivity contribution in [2.45, 2.75) is 18.9 Å². The zero-order valence-corrected chi connectivity index (χ0v) is 14.4. The average molecular weight is 337 g/mol. The van der Waals surface area contributed by atoms with Gasteiger partial charge in [-0.1, -0.05) is 30.3 Å². The molecule has 3 saturated heterocycles. The van der Waals surface area contributed by atoms with E-state index < -0.39 is 0 Å². The van der Waals surface area contributed by atoms with E-state index in [4.69, 9.17) is 4.74 Å². The van der Waals surface area contributed by atoms with Gasteiger partial charge < -0.3 is 4.74 Å². The Kier molecular flexibility index (Phi) is 4.61. The molecule has 0 radical (unpaired) electrons. The Morgan fingerprint density at radius 1 is 1.12 bits per heavy atom. The minimum atomic E-state index is 0.213. The number of fused-ring (bicyclic) bond motifs is 3. The van der Waals surface area contributed by atoms with Crippen LogP contribution in [0.15, 0.2) is 47.5 Å². The van der Waals surface area contributed by atoms with Crippen molar-refractivity contribution in [3.8, 4) is 11.3 Å². The van der Waals surface area contributed by atoms with Crippen molar-refractivity contribution >= 4 is 11.8 Å². The summed E-state index contributed by atoms with van der Waals surface area (Å²) in [5.74, 6) is 1.27. The van der Waals surface area contributed by atoms with E-state index in [0.717, 1.165) is 17.8 Å². The van der Waals surface area contributed by atoms with Gasteiger partial charge in [0.15, 0.2) is 5.82 Å². The zero-order valence-electron chi connectivity index (χ0n) is 14.4. The molecule has 6 nitrogen and oxygen atoms in total. The van der Waals surface area contributed by atoms with Gasteiger partial charge in [0, 0.05) is 19.2 Å². The molecule has 0 amide bonds. The number of amidine groups is 1. The lowest BCUT2D eigenvalue weighted by molar-refractivity contribution is -0.0146. The molecular formula is C19H23N5O. The highest BCUT2D eigenvalue weighted by molar-refractivity contribution is 5.88. The van der Waals surface area contributed by atoms with E-state index in [9.17, 15) is 0 Å². The predicted molar refractivity (Wildman–Crippen MR) is 98.5 cm³/mol. The van der Waals surface area contributed by atoms with Crippen LogP contribution in [-0.2, 0) is 4.74 Å². The number of ether oxygens (including phenoxy) is 1. The van der Waals surface area contributed by atoms with E-state index in [1.807, 2.05) is 42.5 Å².